The quantitative estimate of drug-likeness (QED) is 0.794. The Morgan fingerprint density at radius 1 is 1.14 bits per heavy atom. The number of hydrogen-bond acceptors (Lipinski definition) is 4. The lowest BCUT2D eigenvalue weighted by Crippen LogP contribution is -2.59. The molecule has 5 rings (SSSR count). The first-order valence-corrected chi connectivity index (χ1v) is 8.44. The minimum atomic E-state index is -0.653. The zero-order valence-corrected chi connectivity index (χ0v) is 12.5. The minimum absolute atomic E-state index is 0.0815. The molecule has 0 aromatic heterocycles. The summed E-state index contributed by atoms with van der Waals surface area (Å²) >= 11 is 0. The molecule has 21 heavy (non-hydrogen) atoms. The Balaban J connectivity index is 1.52. The van der Waals surface area contributed by atoms with Gasteiger partial charge in [-0.3, -0.25) is 9.59 Å². The van der Waals surface area contributed by atoms with Crippen LogP contribution in [0.25, 0.3) is 0 Å². The first-order chi connectivity index (χ1) is 9.98. The molecular formula is C17H24O4. The third-order valence-corrected chi connectivity index (χ3v) is 6.21. The summed E-state index contributed by atoms with van der Waals surface area (Å²) in [6.07, 6.45) is 7.69. The Hall–Kier alpha value is -0.900. The van der Waals surface area contributed by atoms with Crippen molar-refractivity contribution in [1.29, 1.82) is 0 Å². The van der Waals surface area contributed by atoms with E-state index in [2.05, 4.69) is 0 Å². The molecule has 0 amide bonds. The summed E-state index contributed by atoms with van der Waals surface area (Å²) in [5.74, 6) is 0.810. The Morgan fingerprint density at radius 3 is 2.48 bits per heavy atom. The van der Waals surface area contributed by atoms with Crippen LogP contribution < -0.4 is 0 Å². The SMILES string of the molecule is O=C1CCCC[C@H]1OC(=O)C12C[C@H]3C[C@@H](CC(O)(C3)C1)C2. The molecule has 4 heteroatoms. The van der Waals surface area contributed by atoms with Crippen LogP contribution >= 0.6 is 0 Å². The van der Waals surface area contributed by atoms with Gasteiger partial charge in [-0.2, -0.15) is 0 Å². The van der Waals surface area contributed by atoms with Gasteiger partial charge in [0.05, 0.1) is 11.0 Å². The van der Waals surface area contributed by atoms with Gasteiger partial charge in [0.25, 0.3) is 0 Å². The summed E-state index contributed by atoms with van der Waals surface area (Å²) in [4.78, 5) is 24.7. The van der Waals surface area contributed by atoms with Crippen molar-refractivity contribution in [2.45, 2.75) is 75.9 Å². The fourth-order valence-electron chi connectivity index (χ4n) is 5.78. The molecule has 5 aliphatic rings. The Kier molecular flexibility index (Phi) is 2.97. The molecular weight excluding hydrogens is 268 g/mol. The minimum Gasteiger partial charge on any atom is -0.454 e. The molecule has 0 spiro atoms. The molecule has 5 fully saturated rings. The van der Waals surface area contributed by atoms with Crippen LogP contribution in [-0.2, 0) is 14.3 Å². The van der Waals surface area contributed by atoms with E-state index in [1.807, 2.05) is 0 Å². The molecule has 3 atom stereocenters. The molecule has 0 aromatic rings. The number of ketones is 1. The van der Waals surface area contributed by atoms with E-state index in [1.54, 1.807) is 0 Å². The number of carbonyl (C=O) groups is 2. The van der Waals surface area contributed by atoms with E-state index in [0.29, 0.717) is 31.1 Å². The van der Waals surface area contributed by atoms with E-state index >= 15 is 0 Å². The average Bonchev–Trinajstić information content (AvgIpc) is 2.38. The maximum Gasteiger partial charge on any atom is 0.312 e. The molecule has 0 heterocycles. The summed E-state index contributed by atoms with van der Waals surface area (Å²) in [5, 5.41) is 10.7. The van der Waals surface area contributed by atoms with Crippen molar-refractivity contribution in [3.8, 4) is 0 Å². The predicted octanol–water partition coefficient (Wildman–Crippen LogP) is 2.37. The summed E-state index contributed by atoms with van der Waals surface area (Å²) in [7, 11) is 0. The van der Waals surface area contributed by atoms with Crippen molar-refractivity contribution in [3.63, 3.8) is 0 Å². The van der Waals surface area contributed by atoms with Gasteiger partial charge in [-0.15, -0.1) is 0 Å². The van der Waals surface area contributed by atoms with Gasteiger partial charge in [-0.1, -0.05) is 0 Å². The molecule has 4 nitrogen and oxygen atoms in total. The van der Waals surface area contributed by atoms with Crippen molar-refractivity contribution in [2.24, 2.45) is 17.3 Å². The molecule has 5 saturated carbocycles. The van der Waals surface area contributed by atoms with Crippen molar-refractivity contribution in [3.05, 3.63) is 0 Å². The number of aliphatic hydroxyl groups is 1. The number of rotatable bonds is 2. The van der Waals surface area contributed by atoms with Gasteiger partial charge < -0.3 is 9.84 Å². The highest BCUT2D eigenvalue weighted by molar-refractivity contribution is 5.87. The van der Waals surface area contributed by atoms with Crippen LogP contribution in [0.4, 0.5) is 0 Å². The summed E-state index contributed by atoms with van der Waals surface area (Å²) in [6, 6.07) is 0. The molecule has 0 unspecified atom stereocenters. The molecule has 0 aromatic carbocycles. The highest BCUT2D eigenvalue weighted by Crippen LogP contribution is 2.62. The summed E-state index contributed by atoms with van der Waals surface area (Å²) in [6.45, 7) is 0. The normalized spacial score (nSPS) is 48.4. The second kappa shape index (κ2) is 4.55. The third-order valence-electron chi connectivity index (χ3n) is 6.21. The summed E-state index contributed by atoms with van der Waals surface area (Å²) < 4.78 is 5.63. The number of hydrogen-bond donors (Lipinski definition) is 1. The lowest BCUT2D eigenvalue weighted by atomic mass is 9.48. The molecule has 0 radical (unpaired) electrons. The van der Waals surface area contributed by atoms with Gasteiger partial charge in [-0.25, -0.2) is 0 Å². The fraction of sp³-hybridized carbons (Fsp3) is 0.882. The highest BCUT2D eigenvalue weighted by Gasteiger charge is 2.61. The van der Waals surface area contributed by atoms with E-state index in [-0.39, 0.29) is 11.8 Å². The van der Waals surface area contributed by atoms with Crippen LogP contribution in [0.3, 0.4) is 0 Å². The van der Waals surface area contributed by atoms with Crippen LogP contribution in [0.1, 0.15) is 64.2 Å². The molecule has 1 N–H and O–H groups in total. The predicted molar refractivity (Wildman–Crippen MR) is 75.4 cm³/mol. The first kappa shape index (κ1) is 13.7. The Labute approximate surface area is 125 Å². The zero-order chi connectivity index (χ0) is 14.7. The van der Waals surface area contributed by atoms with E-state index in [0.717, 1.165) is 44.9 Å². The van der Waals surface area contributed by atoms with Gasteiger partial charge in [0.1, 0.15) is 0 Å². The maximum atomic E-state index is 12.8. The molecule has 5 aliphatic carbocycles. The monoisotopic (exact) mass is 292 g/mol. The third kappa shape index (κ3) is 2.23. The van der Waals surface area contributed by atoms with Crippen LogP contribution in [0, 0.1) is 17.3 Å². The van der Waals surface area contributed by atoms with E-state index < -0.39 is 17.1 Å². The van der Waals surface area contributed by atoms with E-state index in [9.17, 15) is 14.7 Å². The van der Waals surface area contributed by atoms with Crippen molar-refractivity contribution >= 4 is 11.8 Å². The van der Waals surface area contributed by atoms with E-state index in [1.165, 1.54) is 0 Å². The molecule has 4 bridgehead atoms. The van der Waals surface area contributed by atoms with Crippen LogP contribution in [0.5, 0.6) is 0 Å². The second-order valence-corrected chi connectivity index (χ2v) is 8.07. The second-order valence-electron chi connectivity index (χ2n) is 8.07. The zero-order valence-electron chi connectivity index (χ0n) is 12.5. The van der Waals surface area contributed by atoms with Gasteiger partial charge >= 0.3 is 5.97 Å². The van der Waals surface area contributed by atoms with Crippen molar-refractivity contribution < 1.29 is 19.4 Å². The average molecular weight is 292 g/mol. The molecule has 0 aliphatic heterocycles. The highest BCUT2D eigenvalue weighted by atomic mass is 16.5. The smallest absolute Gasteiger partial charge is 0.312 e. The van der Waals surface area contributed by atoms with Gasteiger partial charge in [0.2, 0.25) is 0 Å². The van der Waals surface area contributed by atoms with E-state index in [4.69, 9.17) is 4.74 Å². The summed E-state index contributed by atoms with van der Waals surface area (Å²) in [5.41, 5.74) is -1.16. The Bertz CT molecular complexity index is 469. The Morgan fingerprint density at radius 2 is 1.86 bits per heavy atom. The van der Waals surface area contributed by atoms with Gasteiger partial charge in [0, 0.05) is 6.42 Å². The van der Waals surface area contributed by atoms with Crippen molar-refractivity contribution in [1.82, 2.24) is 0 Å². The van der Waals surface area contributed by atoms with Crippen LogP contribution in [-0.4, -0.2) is 28.6 Å². The van der Waals surface area contributed by atoms with Crippen LogP contribution in [0.2, 0.25) is 0 Å². The number of esters is 1. The van der Waals surface area contributed by atoms with Gasteiger partial charge in [0.15, 0.2) is 11.9 Å². The topological polar surface area (TPSA) is 63.6 Å². The molecule has 0 saturated heterocycles. The number of carbonyl (C=O) groups excluding carboxylic acids is 2. The standard InChI is InChI=1S/C17H24O4/c18-13-3-1-2-4-14(13)21-15(19)16-6-11-5-12(7-16)9-17(20,8-11)10-16/h11-12,14,20H,1-10H2/t11-,12-,14-,16?,17?/m1/s1. The van der Waals surface area contributed by atoms with Crippen LogP contribution in [0.15, 0.2) is 0 Å². The van der Waals surface area contributed by atoms with Crippen molar-refractivity contribution in [2.75, 3.05) is 0 Å². The largest absolute Gasteiger partial charge is 0.454 e. The number of ether oxygens (including phenoxy) is 1. The lowest BCUT2D eigenvalue weighted by molar-refractivity contribution is -0.201. The molecule has 116 valence electrons. The number of Topliss-reactive ketones (excluding diaryl/α,β-unsaturated/α-hetero) is 1. The lowest BCUT2D eigenvalue weighted by Gasteiger charge is -2.58. The fourth-order valence-corrected chi connectivity index (χ4v) is 5.78. The first-order valence-electron chi connectivity index (χ1n) is 8.44. The van der Waals surface area contributed by atoms with Gasteiger partial charge in [-0.05, 0) is 69.6 Å². The maximum absolute atomic E-state index is 12.8.